The maximum Gasteiger partial charge on any atom is 0.445 e. The lowest BCUT2D eigenvalue weighted by molar-refractivity contribution is -0.138. The number of aldehydes is 1. The Kier molecular flexibility index (Phi) is 3.62. The van der Waals surface area contributed by atoms with Gasteiger partial charge in [-0.15, -0.1) is 5.10 Å². The quantitative estimate of drug-likeness (QED) is 0.623. The van der Waals surface area contributed by atoms with E-state index >= 15 is 0 Å². The van der Waals surface area contributed by atoms with E-state index in [2.05, 4.69) is 10.1 Å². The highest BCUT2D eigenvalue weighted by Crippen LogP contribution is 2.36. The molecule has 2 heterocycles. The van der Waals surface area contributed by atoms with Crippen LogP contribution in [0.3, 0.4) is 0 Å². The average Bonchev–Trinajstić information content (AvgIpc) is 2.95. The third-order valence-corrected chi connectivity index (χ3v) is 4.28. The highest BCUT2D eigenvalue weighted by atomic mass is 35.5. The second kappa shape index (κ2) is 5.22. The van der Waals surface area contributed by atoms with E-state index in [1.54, 1.807) is 6.07 Å². The first-order chi connectivity index (χ1) is 10.3. The van der Waals surface area contributed by atoms with E-state index in [-0.39, 0.29) is 21.4 Å². The average molecular weight is 366 g/mol. The molecule has 0 aliphatic rings. The zero-order chi connectivity index (χ0) is 16.1. The molecule has 1 aromatic carbocycles. The van der Waals surface area contributed by atoms with Crippen LogP contribution in [0.2, 0.25) is 10.0 Å². The molecule has 4 nitrogen and oxygen atoms in total. The summed E-state index contributed by atoms with van der Waals surface area (Å²) < 4.78 is 38.8. The highest BCUT2D eigenvalue weighted by Gasteiger charge is 2.36. The van der Waals surface area contributed by atoms with Gasteiger partial charge in [0.25, 0.3) is 0 Å². The molecule has 114 valence electrons. The molecule has 0 unspecified atom stereocenters. The molecule has 3 aromatic rings. The molecule has 3 rings (SSSR count). The Morgan fingerprint density at radius 2 is 2.00 bits per heavy atom. The van der Waals surface area contributed by atoms with Crippen LogP contribution >= 0.6 is 34.5 Å². The minimum absolute atomic E-state index is 0.0459. The second-order valence-corrected chi connectivity index (χ2v) is 5.99. The van der Waals surface area contributed by atoms with Gasteiger partial charge in [-0.3, -0.25) is 4.79 Å². The van der Waals surface area contributed by atoms with Gasteiger partial charge in [-0.05, 0) is 18.2 Å². The molecule has 0 atom stereocenters. The van der Waals surface area contributed by atoms with Crippen LogP contribution in [-0.4, -0.2) is 20.9 Å². The zero-order valence-electron chi connectivity index (χ0n) is 10.4. The van der Waals surface area contributed by atoms with E-state index in [0.717, 1.165) is 4.52 Å². The number of rotatable bonds is 2. The number of benzene rings is 1. The summed E-state index contributed by atoms with van der Waals surface area (Å²) in [6, 6.07) is 4.53. The Labute approximate surface area is 135 Å². The van der Waals surface area contributed by atoms with Gasteiger partial charge < -0.3 is 0 Å². The van der Waals surface area contributed by atoms with Crippen LogP contribution in [-0.2, 0) is 6.18 Å². The van der Waals surface area contributed by atoms with Gasteiger partial charge in [-0.2, -0.15) is 17.7 Å². The number of carbonyl (C=O) groups is 1. The van der Waals surface area contributed by atoms with E-state index in [9.17, 15) is 18.0 Å². The van der Waals surface area contributed by atoms with Crippen molar-refractivity contribution in [1.29, 1.82) is 0 Å². The number of carbonyl (C=O) groups excluding carboxylic acids is 1. The first-order valence-electron chi connectivity index (χ1n) is 5.68. The van der Waals surface area contributed by atoms with Gasteiger partial charge in [-0.25, -0.2) is 4.98 Å². The second-order valence-electron chi connectivity index (χ2n) is 4.19. The number of nitrogens with zero attached hydrogens (tertiary/aromatic N) is 3. The standard InChI is InChI=1S/C12H4Cl2F3N3OS/c13-5-1-2-6(7(14)3-5)9-8(4-21)20-11(18-9)22-10(19-20)12(15,16)17/h1-4H. The molecule has 0 saturated carbocycles. The van der Waals surface area contributed by atoms with E-state index in [1.165, 1.54) is 12.1 Å². The third kappa shape index (κ3) is 2.47. The van der Waals surface area contributed by atoms with Crippen molar-refractivity contribution in [2.24, 2.45) is 0 Å². The van der Waals surface area contributed by atoms with Crippen LogP contribution in [0.1, 0.15) is 15.5 Å². The summed E-state index contributed by atoms with van der Waals surface area (Å²) in [4.78, 5) is 15.3. The molecule has 0 aliphatic carbocycles. The lowest BCUT2D eigenvalue weighted by Crippen LogP contribution is -2.05. The fourth-order valence-corrected chi connectivity index (χ4v) is 3.14. The summed E-state index contributed by atoms with van der Waals surface area (Å²) in [6.07, 6.45) is -4.20. The smallest absolute Gasteiger partial charge is 0.296 e. The number of hydrogen-bond acceptors (Lipinski definition) is 4. The predicted molar refractivity (Wildman–Crippen MR) is 76.7 cm³/mol. The molecule has 0 bridgehead atoms. The van der Waals surface area contributed by atoms with Gasteiger partial charge in [-0.1, -0.05) is 34.5 Å². The summed E-state index contributed by atoms with van der Waals surface area (Å²) in [5, 5.41) is 2.94. The Bertz CT molecular complexity index is 888. The van der Waals surface area contributed by atoms with Crippen molar-refractivity contribution >= 4 is 45.8 Å². The summed E-state index contributed by atoms with van der Waals surface area (Å²) in [5.41, 5.74) is 0.439. The van der Waals surface area contributed by atoms with E-state index in [4.69, 9.17) is 23.2 Å². The number of fused-ring (bicyclic) bond motifs is 1. The first kappa shape index (κ1) is 15.3. The molecule has 0 radical (unpaired) electrons. The number of imidazole rings is 1. The van der Waals surface area contributed by atoms with Crippen LogP contribution < -0.4 is 0 Å². The first-order valence-corrected chi connectivity index (χ1v) is 7.26. The van der Waals surface area contributed by atoms with Crippen LogP contribution in [0.25, 0.3) is 16.2 Å². The molecular formula is C12H4Cl2F3N3OS. The maximum absolute atomic E-state index is 12.7. The Morgan fingerprint density at radius 3 is 2.59 bits per heavy atom. The fraction of sp³-hybridized carbons (Fsp3) is 0.0833. The van der Waals surface area contributed by atoms with Gasteiger partial charge in [0.2, 0.25) is 9.97 Å². The van der Waals surface area contributed by atoms with Crippen LogP contribution in [0.4, 0.5) is 13.2 Å². The summed E-state index contributed by atoms with van der Waals surface area (Å²) >= 11 is 12.2. The number of aromatic nitrogens is 3. The third-order valence-electron chi connectivity index (χ3n) is 2.78. The van der Waals surface area contributed by atoms with Gasteiger partial charge in [0.05, 0.1) is 5.02 Å². The SMILES string of the molecule is O=Cc1c(-c2ccc(Cl)cc2Cl)nc2sc(C(F)(F)F)nn12. The molecule has 0 aliphatic heterocycles. The van der Waals surface area contributed by atoms with Crippen molar-refractivity contribution in [2.75, 3.05) is 0 Å². The Morgan fingerprint density at radius 1 is 1.27 bits per heavy atom. The lowest BCUT2D eigenvalue weighted by atomic mass is 10.1. The van der Waals surface area contributed by atoms with E-state index in [1.807, 2.05) is 0 Å². The van der Waals surface area contributed by atoms with Gasteiger partial charge in [0.15, 0.2) is 6.29 Å². The molecule has 0 amide bonds. The van der Waals surface area contributed by atoms with Crippen LogP contribution in [0, 0.1) is 0 Å². The molecular weight excluding hydrogens is 362 g/mol. The summed E-state index contributed by atoms with van der Waals surface area (Å²) in [6.45, 7) is 0. The molecule has 0 N–H and O–H groups in total. The molecule has 2 aromatic heterocycles. The molecule has 0 spiro atoms. The zero-order valence-corrected chi connectivity index (χ0v) is 12.7. The van der Waals surface area contributed by atoms with Gasteiger partial charge >= 0.3 is 6.18 Å². The van der Waals surface area contributed by atoms with Crippen molar-refractivity contribution in [3.05, 3.63) is 38.9 Å². The van der Waals surface area contributed by atoms with Gasteiger partial charge in [0, 0.05) is 10.6 Å². The molecule has 0 saturated heterocycles. The van der Waals surface area contributed by atoms with E-state index < -0.39 is 11.2 Å². The van der Waals surface area contributed by atoms with Gasteiger partial charge in [0.1, 0.15) is 11.4 Å². The van der Waals surface area contributed by atoms with Crippen LogP contribution in [0.15, 0.2) is 18.2 Å². The van der Waals surface area contributed by atoms with Crippen LogP contribution in [0.5, 0.6) is 0 Å². The highest BCUT2D eigenvalue weighted by molar-refractivity contribution is 7.16. The van der Waals surface area contributed by atoms with E-state index in [0.29, 0.717) is 28.2 Å². The predicted octanol–water partition coefficient (Wildman–Crippen LogP) is 4.60. The minimum Gasteiger partial charge on any atom is -0.296 e. The topological polar surface area (TPSA) is 47.3 Å². The van der Waals surface area contributed by atoms with Crippen molar-refractivity contribution in [2.45, 2.75) is 6.18 Å². The largest absolute Gasteiger partial charge is 0.445 e. The number of alkyl halides is 3. The summed E-state index contributed by atoms with van der Waals surface area (Å²) in [5.74, 6) is 0. The van der Waals surface area contributed by atoms with Crippen molar-refractivity contribution in [3.63, 3.8) is 0 Å². The maximum atomic E-state index is 12.7. The number of halogens is 5. The fourth-order valence-electron chi connectivity index (χ4n) is 1.86. The molecule has 22 heavy (non-hydrogen) atoms. The Balaban J connectivity index is 2.23. The number of hydrogen-bond donors (Lipinski definition) is 0. The van der Waals surface area contributed by atoms with Crippen molar-refractivity contribution < 1.29 is 18.0 Å². The minimum atomic E-state index is -4.59. The van der Waals surface area contributed by atoms with Crippen molar-refractivity contribution in [3.8, 4) is 11.3 Å². The monoisotopic (exact) mass is 365 g/mol. The normalized spacial score (nSPS) is 12.0. The molecule has 10 heteroatoms. The lowest BCUT2D eigenvalue weighted by Gasteiger charge is -2.03. The summed E-state index contributed by atoms with van der Waals surface area (Å²) in [7, 11) is 0. The Hall–Kier alpha value is -1.64. The molecule has 0 fully saturated rings. The van der Waals surface area contributed by atoms with Crippen molar-refractivity contribution in [1.82, 2.24) is 14.6 Å².